The molecule has 3 nitrogen and oxygen atoms in total. The van der Waals surface area contributed by atoms with E-state index in [4.69, 9.17) is 0 Å². The average molecular weight is 516 g/mol. The lowest BCUT2D eigenvalue weighted by Crippen LogP contribution is -2.28. The zero-order valence-electron chi connectivity index (χ0n) is 22.4. The maximum absolute atomic E-state index is 2.53. The number of nitrogens with zero attached hydrogens (tertiary/aromatic N) is 3. The van der Waals surface area contributed by atoms with Crippen LogP contribution in [0.2, 0.25) is 0 Å². The van der Waals surface area contributed by atoms with Crippen LogP contribution in [0.1, 0.15) is 24.8 Å². The first-order chi connectivity index (χ1) is 19.8. The molecule has 192 valence electrons. The lowest BCUT2D eigenvalue weighted by molar-refractivity contribution is 0.726. The normalized spacial score (nSPS) is 22.0. The highest BCUT2D eigenvalue weighted by Crippen LogP contribution is 2.51. The van der Waals surface area contributed by atoms with Crippen LogP contribution < -0.4 is 9.80 Å². The minimum Gasteiger partial charge on any atom is -0.333 e. The number of rotatable bonds is 2. The smallest absolute Gasteiger partial charge is 0.0783 e. The van der Waals surface area contributed by atoms with E-state index in [0.717, 1.165) is 6.42 Å². The van der Waals surface area contributed by atoms with E-state index in [1.807, 2.05) is 0 Å². The number of benzene rings is 4. The molecule has 9 rings (SSSR count). The Bertz CT molecular complexity index is 1980. The van der Waals surface area contributed by atoms with Crippen LogP contribution in [0.15, 0.2) is 133 Å². The van der Waals surface area contributed by atoms with E-state index in [1.54, 1.807) is 0 Å². The highest BCUT2D eigenvalue weighted by Gasteiger charge is 2.37. The fourth-order valence-corrected chi connectivity index (χ4v) is 7.43. The van der Waals surface area contributed by atoms with Crippen LogP contribution in [-0.4, -0.2) is 10.6 Å². The molecule has 3 heteroatoms. The van der Waals surface area contributed by atoms with E-state index in [2.05, 4.69) is 149 Å². The van der Waals surface area contributed by atoms with Gasteiger partial charge in [-0.3, -0.25) is 0 Å². The van der Waals surface area contributed by atoms with Crippen molar-refractivity contribution >= 4 is 44.6 Å². The number of hydrogen-bond donors (Lipinski definition) is 0. The van der Waals surface area contributed by atoms with Crippen molar-refractivity contribution in [2.75, 3.05) is 9.80 Å². The zero-order valence-corrected chi connectivity index (χ0v) is 22.4. The van der Waals surface area contributed by atoms with E-state index in [-0.39, 0.29) is 0 Å². The minimum atomic E-state index is 0.294. The van der Waals surface area contributed by atoms with Crippen LogP contribution in [0, 0.1) is 5.92 Å². The summed E-state index contributed by atoms with van der Waals surface area (Å²) in [5.74, 6) is 0.907. The van der Waals surface area contributed by atoms with Gasteiger partial charge in [0.2, 0.25) is 0 Å². The number of anilines is 4. The van der Waals surface area contributed by atoms with Gasteiger partial charge < -0.3 is 14.4 Å². The maximum atomic E-state index is 2.53. The summed E-state index contributed by atoms with van der Waals surface area (Å²) in [5, 5.41) is 2.59. The van der Waals surface area contributed by atoms with Crippen molar-refractivity contribution in [3.05, 3.63) is 139 Å². The van der Waals surface area contributed by atoms with Crippen molar-refractivity contribution in [2.24, 2.45) is 5.92 Å². The van der Waals surface area contributed by atoms with Gasteiger partial charge in [0.05, 0.1) is 34.1 Å². The third-order valence-corrected chi connectivity index (χ3v) is 9.10. The van der Waals surface area contributed by atoms with Crippen LogP contribution in [0.4, 0.5) is 22.7 Å². The minimum absolute atomic E-state index is 0.294. The highest BCUT2D eigenvalue weighted by atomic mass is 15.2. The molecular weight excluding hydrogens is 486 g/mol. The lowest BCUT2D eigenvalue weighted by Gasteiger charge is -2.34. The number of aromatic nitrogens is 1. The van der Waals surface area contributed by atoms with Crippen molar-refractivity contribution in [3.8, 4) is 5.69 Å². The second-order valence-corrected chi connectivity index (χ2v) is 11.5. The Labute approximate surface area is 234 Å². The largest absolute Gasteiger partial charge is 0.333 e. The van der Waals surface area contributed by atoms with Gasteiger partial charge in [0.1, 0.15) is 0 Å². The fraction of sp³-hybridized carbons (Fsp3) is 0.135. The Balaban J connectivity index is 1.30. The first-order valence-corrected chi connectivity index (χ1v) is 14.4. The molecule has 0 N–H and O–H groups in total. The topological polar surface area (TPSA) is 11.4 Å². The van der Waals surface area contributed by atoms with Crippen molar-refractivity contribution in [1.29, 1.82) is 0 Å². The van der Waals surface area contributed by atoms with Gasteiger partial charge in [-0.05, 0) is 66.4 Å². The van der Waals surface area contributed by atoms with Gasteiger partial charge in [-0.25, -0.2) is 0 Å². The monoisotopic (exact) mass is 515 g/mol. The Morgan fingerprint density at radius 2 is 1.52 bits per heavy atom. The van der Waals surface area contributed by atoms with Gasteiger partial charge in [-0.1, -0.05) is 85.8 Å². The number of hydrogen-bond acceptors (Lipinski definition) is 2. The summed E-state index contributed by atoms with van der Waals surface area (Å²) in [6.45, 7) is 2.30. The third-order valence-electron chi connectivity index (χ3n) is 9.10. The molecule has 0 saturated carbocycles. The maximum Gasteiger partial charge on any atom is 0.0783 e. The van der Waals surface area contributed by atoms with Crippen molar-refractivity contribution in [2.45, 2.75) is 25.3 Å². The molecule has 2 aliphatic heterocycles. The fourth-order valence-electron chi connectivity index (χ4n) is 7.43. The zero-order chi connectivity index (χ0) is 26.4. The van der Waals surface area contributed by atoms with Crippen molar-refractivity contribution < 1.29 is 0 Å². The second-order valence-electron chi connectivity index (χ2n) is 11.5. The molecule has 0 bridgehead atoms. The molecule has 0 radical (unpaired) electrons. The molecule has 0 spiro atoms. The van der Waals surface area contributed by atoms with E-state index in [1.165, 1.54) is 61.5 Å². The first kappa shape index (κ1) is 22.1. The van der Waals surface area contributed by atoms with Gasteiger partial charge in [0.25, 0.3) is 0 Å². The summed E-state index contributed by atoms with van der Waals surface area (Å²) in [4.78, 5) is 5.00. The van der Waals surface area contributed by atoms with Gasteiger partial charge in [0, 0.05) is 33.8 Å². The molecule has 0 fully saturated rings. The van der Waals surface area contributed by atoms with E-state index in [0.29, 0.717) is 17.9 Å². The van der Waals surface area contributed by atoms with E-state index >= 15 is 0 Å². The summed E-state index contributed by atoms with van der Waals surface area (Å²) in [6, 6.07) is 31.9. The Kier molecular flexibility index (Phi) is 4.49. The van der Waals surface area contributed by atoms with E-state index in [9.17, 15) is 0 Å². The van der Waals surface area contributed by atoms with Crippen LogP contribution in [-0.2, 0) is 0 Å². The van der Waals surface area contributed by atoms with Gasteiger partial charge >= 0.3 is 0 Å². The van der Waals surface area contributed by atoms with Crippen LogP contribution in [0.25, 0.3) is 27.5 Å². The quantitative estimate of drug-likeness (QED) is 0.232. The molecule has 3 unspecified atom stereocenters. The molecule has 40 heavy (non-hydrogen) atoms. The summed E-state index contributed by atoms with van der Waals surface area (Å²) in [5.41, 5.74) is 11.4. The molecule has 3 heterocycles. The molecule has 1 aromatic heterocycles. The average Bonchev–Trinajstić information content (AvgIpc) is 3.51. The summed E-state index contributed by atoms with van der Waals surface area (Å²) < 4.78 is 2.48. The molecule has 4 aliphatic rings. The SMILES string of the molecule is CC1C=C(N2c3ccccc3-n3c4ccc(N5c6ccccc6C6C=CC=CC65)cc4c4cccc2c43)C=CC1. The third kappa shape index (κ3) is 2.90. The Morgan fingerprint density at radius 1 is 0.725 bits per heavy atom. The summed E-state index contributed by atoms with van der Waals surface area (Å²) >= 11 is 0. The Hall–Kier alpha value is -4.76. The number of allylic oxidation sites excluding steroid dienone is 5. The van der Waals surface area contributed by atoms with Crippen LogP contribution in [0.5, 0.6) is 0 Å². The van der Waals surface area contributed by atoms with Gasteiger partial charge in [-0.15, -0.1) is 0 Å². The predicted molar refractivity (Wildman–Crippen MR) is 167 cm³/mol. The molecule has 3 atom stereocenters. The van der Waals surface area contributed by atoms with Crippen LogP contribution in [0.3, 0.4) is 0 Å². The summed E-state index contributed by atoms with van der Waals surface area (Å²) in [6.07, 6.45) is 17.2. The molecule has 2 aliphatic carbocycles. The lowest BCUT2D eigenvalue weighted by atomic mass is 9.91. The van der Waals surface area contributed by atoms with E-state index < -0.39 is 0 Å². The Morgan fingerprint density at radius 3 is 2.42 bits per heavy atom. The number of para-hydroxylation sites is 4. The van der Waals surface area contributed by atoms with Crippen molar-refractivity contribution in [3.63, 3.8) is 0 Å². The van der Waals surface area contributed by atoms with Gasteiger partial charge in [-0.2, -0.15) is 0 Å². The standard InChI is InChI=1S/C37H29N3/c1-24-10-8-11-25(22-24)39-34-17-6-7-18-35(34)40-33-21-20-26(23-30(33)29-14-9-19-36(39)37(29)40)38-31-15-4-2-12-27(31)28-13-3-5-16-32(28)38/h2-9,11-24,27,31H,10H2,1H3. The summed E-state index contributed by atoms with van der Waals surface area (Å²) in [7, 11) is 0. The predicted octanol–water partition coefficient (Wildman–Crippen LogP) is 9.44. The number of fused-ring (bicyclic) bond motifs is 8. The molecule has 5 aromatic rings. The molecular formula is C37H29N3. The highest BCUT2D eigenvalue weighted by molar-refractivity contribution is 6.16. The molecule has 4 aromatic carbocycles. The van der Waals surface area contributed by atoms with Gasteiger partial charge in [0.15, 0.2) is 0 Å². The molecule has 0 amide bonds. The first-order valence-electron chi connectivity index (χ1n) is 14.4. The second kappa shape index (κ2) is 8.12. The molecule has 0 saturated heterocycles. The van der Waals surface area contributed by atoms with Crippen molar-refractivity contribution in [1.82, 2.24) is 4.57 Å². The van der Waals surface area contributed by atoms with Crippen LogP contribution >= 0.6 is 0 Å².